The lowest BCUT2D eigenvalue weighted by molar-refractivity contribution is 0.0280. The quantitative estimate of drug-likeness (QED) is 0.440. The summed E-state index contributed by atoms with van der Waals surface area (Å²) in [6.07, 6.45) is 2.27. The molecule has 2 bridgehead atoms. The molecule has 188 valence electrons. The summed E-state index contributed by atoms with van der Waals surface area (Å²) in [4.78, 5) is 15.4. The van der Waals surface area contributed by atoms with Crippen molar-refractivity contribution >= 4 is 16.7 Å². The third-order valence-corrected chi connectivity index (χ3v) is 8.35. The highest BCUT2D eigenvalue weighted by Gasteiger charge is 2.42. The van der Waals surface area contributed by atoms with Gasteiger partial charge < -0.3 is 14.8 Å². The summed E-state index contributed by atoms with van der Waals surface area (Å²) in [5.74, 6) is 2.31. The molecule has 7 nitrogen and oxygen atoms in total. The van der Waals surface area contributed by atoms with E-state index < -0.39 is 0 Å². The second kappa shape index (κ2) is 8.92. The third-order valence-electron chi connectivity index (χ3n) is 8.35. The van der Waals surface area contributed by atoms with E-state index in [9.17, 15) is 4.79 Å². The van der Waals surface area contributed by atoms with Crippen molar-refractivity contribution in [3.05, 3.63) is 78.0 Å². The van der Waals surface area contributed by atoms with Gasteiger partial charge in [-0.3, -0.25) is 14.4 Å². The van der Waals surface area contributed by atoms with Crippen LogP contribution in [0.5, 0.6) is 11.5 Å². The van der Waals surface area contributed by atoms with Crippen molar-refractivity contribution in [1.82, 2.24) is 20.0 Å². The second-order valence-electron chi connectivity index (χ2n) is 10.5. The van der Waals surface area contributed by atoms with Crippen LogP contribution >= 0.6 is 0 Å². The van der Waals surface area contributed by atoms with E-state index in [0.29, 0.717) is 41.5 Å². The zero-order valence-electron chi connectivity index (χ0n) is 20.9. The number of rotatable bonds is 5. The third kappa shape index (κ3) is 4.03. The highest BCUT2D eigenvalue weighted by molar-refractivity contribution is 5.95. The summed E-state index contributed by atoms with van der Waals surface area (Å²) in [5.41, 5.74) is 4.10. The van der Waals surface area contributed by atoms with Crippen molar-refractivity contribution in [2.45, 2.75) is 24.8 Å². The number of carbonyl (C=O) groups is 1. The summed E-state index contributed by atoms with van der Waals surface area (Å²) in [6, 6.07) is 23.0. The summed E-state index contributed by atoms with van der Waals surface area (Å²) >= 11 is 0. The van der Waals surface area contributed by atoms with Crippen LogP contribution < -0.4 is 14.8 Å². The molecule has 37 heavy (non-hydrogen) atoms. The minimum atomic E-state index is -0.0656. The predicted molar refractivity (Wildman–Crippen MR) is 142 cm³/mol. The average Bonchev–Trinajstić information content (AvgIpc) is 3.57. The predicted octanol–water partition coefficient (Wildman–Crippen LogP) is 4.58. The van der Waals surface area contributed by atoms with Gasteiger partial charge in [0.25, 0.3) is 5.91 Å². The summed E-state index contributed by atoms with van der Waals surface area (Å²) in [6.45, 7) is 2.96. The molecule has 0 saturated carbocycles. The Morgan fingerprint density at radius 2 is 1.89 bits per heavy atom. The number of carbonyl (C=O) groups excluding carboxylic acids is 1. The van der Waals surface area contributed by atoms with Crippen LogP contribution in [0, 0.1) is 5.92 Å². The smallest absolute Gasteiger partial charge is 0.251 e. The van der Waals surface area contributed by atoms with E-state index in [1.807, 2.05) is 0 Å². The lowest BCUT2D eigenvalue weighted by Gasteiger charge is -2.50. The fraction of sp³-hybridized carbons (Fsp3) is 0.333. The maximum atomic E-state index is 12.8. The molecule has 3 aromatic carbocycles. The van der Waals surface area contributed by atoms with Gasteiger partial charge in [0.2, 0.25) is 6.79 Å². The van der Waals surface area contributed by atoms with Crippen molar-refractivity contribution in [1.29, 1.82) is 0 Å². The first-order chi connectivity index (χ1) is 18.1. The monoisotopic (exact) mass is 494 g/mol. The zero-order chi connectivity index (χ0) is 24.9. The minimum absolute atomic E-state index is 0.0656. The number of aryl methyl sites for hydroxylation is 1. The van der Waals surface area contributed by atoms with Gasteiger partial charge in [0, 0.05) is 48.9 Å². The first-order valence-electron chi connectivity index (χ1n) is 13.1. The summed E-state index contributed by atoms with van der Waals surface area (Å²) in [7, 11) is 2.07. The van der Waals surface area contributed by atoms with Crippen LogP contribution in [0.1, 0.15) is 34.8 Å². The Hall–Kier alpha value is -3.84. The largest absolute Gasteiger partial charge is 0.454 e. The van der Waals surface area contributed by atoms with Crippen molar-refractivity contribution in [2.75, 3.05) is 26.4 Å². The Bertz CT molecular complexity index is 1500. The van der Waals surface area contributed by atoms with Gasteiger partial charge >= 0.3 is 0 Å². The Kier molecular flexibility index (Phi) is 5.39. The molecule has 0 radical (unpaired) electrons. The van der Waals surface area contributed by atoms with Gasteiger partial charge in [0.15, 0.2) is 11.5 Å². The Balaban J connectivity index is 1.04. The van der Waals surface area contributed by atoms with Crippen molar-refractivity contribution in [3.63, 3.8) is 0 Å². The number of benzene rings is 3. The fourth-order valence-electron chi connectivity index (χ4n) is 6.35. The average molecular weight is 495 g/mol. The standard InChI is InChI=1S/C30H30N4O3/c1-33-27(15-26(32-33)22-7-6-19-4-2-3-5-20(19)12-22)25-17-34-11-10-21(25)13-24(34)16-31-30(35)23-8-9-28-29(14-23)37-18-36-28/h2-9,12,14-15,21,24-25H,10-11,13,16-18H2,1H3,(H,31,35). The molecule has 1 amide bonds. The maximum absolute atomic E-state index is 12.8. The van der Waals surface area contributed by atoms with Crippen LogP contribution in [0.4, 0.5) is 0 Å². The highest BCUT2D eigenvalue weighted by atomic mass is 16.7. The lowest BCUT2D eigenvalue weighted by atomic mass is 9.74. The number of nitrogens with one attached hydrogen (secondary N) is 1. The van der Waals surface area contributed by atoms with E-state index in [2.05, 4.69) is 70.5 Å². The van der Waals surface area contributed by atoms with Gasteiger partial charge in [-0.15, -0.1) is 0 Å². The van der Waals surface area contributed by atoms with Crippen LogP contribution in [-0.2, 0) is 7.05 Å². The van der Waals surface area contributed by atoms with Crippen LogP contribution in [0.2, 0.25) is 0 Å². The molecule has 0 aliphatic carbocycles. The van der Waals surface area contributed by atoms with Gasteiger partial charge in [-0.05, 0) is 66.4 Å². The summed E-state index contributed by atoms with van der Waals surface area (Å²) in [5, 5.41) is 10.5. The Morgan fingerprint density at radius 3 is 2.76 bits per heavy atom. The van der Waals surface area contributed by atoms with E-state index in [1.165, 1.54) is 22.9 Å². The first-order valence-corrected chi connectivity index (χ1v) is 13.1. The molecule has 1 aromatic heterocycles. The van der Waals surface area contributed by atoms with Gasteiger partial charge in [-0.25, -0.2) is 0 Å². The van der Waals surface area contributed by atoms with E-state index in [4.69, 9.17) is 14.6 Å². The maximum Gasteiger partial charge on any atom is 0.251 e. The molecular formula is C30H30N4O3. The fourth-order valence-corrected chi connectivity index (χ4v) is 6.35. The number of aromatic nitrogens is 2. The van der Waals surface area contributed by atoms with E-state index >= 15 is 0 Å². The number of hydrogen-bond acceptors (Lipinski definition) is 5. The molecule has 8 rings (SSSR count). The van der Waals surface area contributed by atoms with E-state index in [1.54, 1.807) is 18.2 Å². The normalized spacial score (nSPS) is 23.9. The van der Waals surface area contributed by atoms with Gasteiger partial charge in [-0.2, -0.15) is 5.10 Å². The number of hydrogen-bond donors (Lipinski definition) is 1. The van der Waals surface area contributed by atoms with Crippen molar-refractivity contribution in [2.24, 2.45) is 13.0 Å². The molecule has 4 aromatic rings. The number of amides is 1. The Morgan fingerprint density at radius 1 is 1.03 bits per heavy atom. The first kappa shape index (κ1) is 22.4. The molecule has 4 aliphatic rings. The molecule has 1 N–H and O–H groups in total. The zero-order valence-corrected chi connectivity index (χ0v) is 20.9. The van der Waals surface area contributed by atoms with E-state index in [0.717, 1.165) is 30.8 Å². The van der Waals surface area contributed by atoms with Crippen LogP contribution in [0.15, 0.2) is 66.7 Å². The van der Waals surface area contributed by atoms with Gasteiger partial charge in [-0.1, -0.05) is 36.4 Å². The minimum Gasteiger partial charge on any atom is -0.454 e. The van der Waals surface area contributed by atoms with Crippen molar-refractivity contribution in [3.8, 4) is 22.8 Å². The SMILES string of the molecule is Cn1nc(-c2ccc3ccccc3c2)cc1C1CN2CCC1CC2CNC(=O)c1ccc2c(c1)OCO2. The molecule has 3 fully saturated rings. The van der Waals surface area contributed by atoms with E-state index in [-0.39, 0.29) is 12.7 Å². The molecular weight excluding hydrogens is 464 g/mol. The highest BCUT2D eigenvalue weighted by Crippen LogP contribution is 2.42. The van der Waals surface area contributed by atoms with Crippen LogP contribution in [-0.4, -0.2) is 53.1 Å². The molecule has 3 saturated heterocycles. The number of ether oxygens (including phenoxy) is 2. The van der Waals surface area contributed by atoms with Gasteiger partial charge in [0.1, 0.15) is 0 Å². The number of nitrogens with zero attached hydrogens (tertiary/aromatic N) is 3. The molecule has 7 heteroatoms. The van der Waals surface area contributed by atoms with Crippen LogP contribution in [0.3, 0.4) is 0 Å². The number of piperidine rings is 3. The topological polar surface area (TPSA) is 68.6 Å². The second-order valence-corrected chi connectivity index (χ2v) is 10.5. The Labute approximate surface area is 216 Å². The summed E-state index contributed by atoms with van der Waals surface area (Å²) < 4.78 is 12.8. The number of fused-ring (bicyclic) bond motifs is 5. The molecule has 0 spiro atoms. The van der Waals surface area contributed by atoms with Gasteiger partial charge in [0.05, 0.1) is 5.69 Å². The van der Waals surface area contributed by atoms with Crippen molar-refractivity contribution < 1.29 is 14.3 Å². The molecule has 4 atom stereocenters. The molecule has 4 unspecified atom stereocenters. The molecule has 4 aliphatic heterocycles. The molecule has 5 heterocycles. The lowest BCUT2D eigenvalue weighted by Crippen LogP contribution is -2.56. The van der Waals surface area contributed by atoms with Crippen LogP contribution in [0.25, 0.3) is 22.0 Å².